The second kappa shape index (κ2) is 6.31. The van der Waals surface area contributed by atoms with Crippen LogP contribution in [0.5, 0.6) is 0 Å². The first-order chi connectivity index (χ1) is 9.10. The molecule has 2 atom stereocenters. The maximum absolute atomic E-state index is 12.4. The quantitative estimate of drug-likeness (QED) is 0.829. The molecule has 0 spiro atoms. The van der Waals surface area contributed by atoms with Gasteiger partial charge in [0, 0.05) is 12.1 Å². The van der Waals surface area contributed by atoms with E-state index < -0.39 is 0 Å². The van der Waals surface area contributed by atoms with Crippen molar-refractivity contribution in [2.45, 2.75) is 45.3 Å². The lowest BCUT2D eigenvalue weighted by Gasteiger charge is -2.12. The van der Waals surface area contributed by atoms with E-state index in [1.54, 1.807) is 0 Å². The molecule has 3 heteroatoms. The molecule has 0 bridgehead atoms. The van der Waals surface area contributed by atoms with Gasteiger partial charge in [-0.2, -0.15) is 0 Å². The van der Waals surface area contributed by atoms with Gasteiger partial charge in [-0.15, -0.1) is 0 Å². The van der Waals surface area contributed by atoms with Crippen LogP contribution in [0.1, 0.15) is 42.6 Å². The minimum absolute atomic E-state index is 0.0489. The minimum Gasteiger partial charge on any atom is -0.366 e. The second-order valence-electron chi connectivity index (χ2n) is 5.72. The number of hydrogen-bond acceptors (Lipinski definition) is 3. The maximum Gasteiger partial charge on any atom is 0.191 e. The van der Waals surface area contributed by atoms with E-state index in [0.29, 0.717) is 12.5 Å². The van der Waals surface area contributed by atoms with E-state index in [0.717, 1.165) is 24.8 Å². The molecule has 1 aromatic rings. The van der Waals surface area contributed by atoms with E-state index in [9.17, 15) is 4.79 Å². The number of ketones is 1. The summed E-state index contributed by atoms with van der Waals surface area (Å²) in [5, 5.41) is 0. The van der Waals surface area contributed by atoms with Crippen LogP contribution in [0.3, 0.4) is 0 Å². The van der Waals surface area contributed by atoms with Crippen LogP contribution in [0.4, 0.5) is 0 Å². The molecule has 2 unspecified atom stereocenters. The first-order valence-corrected chi connectivity index (χ1v) is 7.09. The third kappa shape index (κ3) is 3.64. The molecule has 0 radical (unpaired) electrons. The number of carbonyl (C=O) groups excluding carboxylic acids is 1. The van der Waals surface area contributed by atoms with Crippen LogP contribution in [-0.2, 0) is 11.2 Å². The largest absolute Gasteiger partial charge is 0.366 e. The van der Waals surface area contributed by atoms with Crippen molar-refractivity contribution in [2.24, 2.45) is 11.7 Å². The summed E-state index contributed by atoms with van der Waals surface area (Å²) in [4.78, 5) is 12.4. The predicted octanol–water partition coefficient (Wildman–Crippen LogP) is 2.57. The van der Waals surface area contributed by atoms with Crippen molar-refractivity contribution in [3.05, 3.63) is 35.4 Å². The van der Waals surface area contributed by atoms with Gasteiger partial charge in [-0.05, 0) is 36.8 Å². The number of rotatable bonds is 5. The zero-order valence-electron chi connectivity index (χ0n) is 11.8. The van der Waals surface area contributed by atoms with Crippen molar-refractivity contribution in [3.8, 4) is 0 Å². The fourth-order valence-corrected chi connectivity index (χ4v) is 2.58. The number of nitrogens with two attached hydrogens (primary N) is 1. The zero-order valence-corrected chi connectivity index (χ0v) is 11.8. The summed E-state index contributed by atoms with van der Waals surface area (Å²) >= 11 is 0. The van der Waals surface area contributed by atoms with Crippen LogP contribution in [0, 0.1) is 5.92 Å². The lowest BCUT2D eigenvalue weighted by molar-refractivity contribution is 0.0404. The van der Waals surface area contributed by atoms with Gasteiger partial charge >= 0.3 is 0 Å². The van der Waals surface area contributed by atoms with Gasteiger partial charge in [0.05, 0.1) is 6.10 Å². The smallest absolute Gasteiger partial charge is 0.191 e. The fraction of sp³-hybridized carbons (Fsp3) is 0.562. The molecule has 104 valence electrons. The molecule has 1 aliphatic heterocycles. The normalized spacial score (nSPS) is 22.9. The molecular weight excluding hydrogens is 238 g/mol. The monoisotopic (exact) mass is 261 g/mol. The van der Waals surface area contributed by atoms with Crippen LogP contribution in [0.2, 0.25) is 0 Å². The first-order valence-electron chi connectivity index (χ1n) is 7.09. The Morgan fingerprint density at radius 1 is 1.42 bits per heavy atom. The van der Waals surface area contributed by atoms with Gasteiger partial charge in [0.25, 0.3) is 0 Å². The average molecular weight is 261 g/mol. The second-order valence-corrected chi connectivity index (χ2v) is 5.72. The molecule has 2 rings (SSSR count). The van der Waals surface area contributed by atoms with E-state index in [4.69, 9.17) is 10.5 Å². The molecule has 1 aromatic carbocycles. The Bertz CT molecular complexity index is 442. The SMILES string of the molecule is CC(C)Cc1cccc(C(=O)C2CCC(CN)O2)c1. The molecule has 0 aliphatic carbocycles. The third-order valence-electron chi connectivity index (χ3n) is 3.52. The molecule has 1 heterocycles. The van der Waals surface area contributed by atoms with Crippen molar-refractivity contribution < 1.29 is 9.53 Å². The highest BCUT2D eigenvalue weighted by Gasteiger charge is 2.30. The van der Waals surface area contributed by atoms with Gasteiger partial charge in [0.15, 0.2) is 5.78 Å². The summed E-state index contributed by atoms with van der Waals surface area (Å²) in [6.45, 7) is 4.86. The van der Waals surface area contributed by atoms with E-state index in [1.807, 2.05) is 18.2 Å². The van der Waals surface area contributed by atoms with E-state index in [-0.39, 0.29) is 18.0 Å². The van der Waals surface area contributed by atoms with Crippen molar-refractivity contribution in [3.63, 3.8) is 0 Å². The topological polar surface area (TPSA) is 52.3 Å². The summed E-state index contributed by atoms with van der Waals surface area (Å²) in [5.41, 5.74) is 7.56. The van der Waals surface area contributed by atoms with Crippen LogP contribution in [0.15, 0.2) is 24.3 Å². The van der Waals surface area contributed by atoms with Crippen molar-refractivity contribution in [1.29, 1.82) is 0 Å². The number of ether oxygens (including phenoxy) is 1. The van der Waals surface area contributed by atoms with Gasteiger partial charge in [0.1, 0.15) is 6.10 Å². The lowest BCUT2D eigenvalue weighted by Crippen LogP contribution is -2.25. The highest BCUT2D eigenvalue weighted by atomic mass is 16.5. The molecular formula is C16H23NO2. The van der Waals surface area contributed by atoms with Crippen LogP contribution >= 0.6 is 0 Å². The molecule has 1 saturated heterocycles. The first kappa shape index (κ1) is 14.2. The highest BCUT2D eigenvalue weighted by molar-refractivity contribution is 5.99. The summed E-state index contributed by atoms with van der Waals surface area (Å²) in [6.07, 6.45) is 2.42. The molecule has 2 N–H and O–H groups in total. The van der Waals surface area contributed by atoms with Gasteiger partial charge in [-0.3, -0.25) is 4.79 Å². The Balaban J connectivity index is 2.07. The van der Waals surface area contributed by atoms with Crippen molar-refractivity contribution in [2.75, 3.05) is 6.54 Å². The lowest BCUT2D eigenvalue weighted by atomic mass is 9.97. The molecule has 3 nitrogen and oxygen atoms in total. The summed E-state index contributed by atoms with van der Waals surface area (Å²) in [5.74, 6) is 0.691. The Morgan fingerprint density at radius 2 is 2.21 bits per heavy atom. The third-order valence-corrected chi connectivity index (χ3v) is 3.52. The summed E-state index contributed by atoms with van der Waals surface area (Å²) in [6, 6.07) is 7.92. The van der Waals surface area contributed by atoms with Gasteiger partial charge < -0.3 is 10.5 Å². The van der Waals surface area contributed by atoms with Gasteiger partial charge in [-0.25, -0.2) is 0 Å². The number of hydrogen-bond donors (Lipinski definition) is 1. The molecule has 1 fully saturated rings. The Labute approximate surface area is 115 Å². The van der Waals surface area contributed by atoms with Crippen molar-refractivity contribution in [1.82, 2.24) is 0 Å². The van der Waals surface area contributed by atoms with Crippen LogP contribution in [0.25, 0.3) is 0 Å². The number of Topliss-reactive ketones (excluding diaryl/α,β-unsaturated/α-hetero) is 1. The van der Waals surface area contributed by atoms with Crippen LogP contribution < -0.4 is 5.73 Å². The van der Waals surface area contributed by atoms with Gasteiger partial charge in [0.2, 0.25) is 0 Å². The van der Waals surface area contributed by atoms with Crippen molar-refractivity contribution >= 4 is 5.78 Å². The zero-order chi connectivity index (χ0) is 13.8. The highest BCUT2D eigenvalue weighted by Crippen LogP contribution is 2.23. The standard InChI is InChI=1S/C16H23NO2/c1-11(2)8-12-4-3-5-13(9-12)16(18)15-7-6-14(10-17)19-15/h3-5,9,11,14-15H,6-8,10,17H2,1-2H3. The van der Waals surface area contributed by atoms with E-state index in [1.165, 1.54) is 5.56 Å². The molecule has 19 heavy (non-hydrogen) atoms. The molecule has 0 amide bonds. The predicted molar refractivity (Wildman–Crippen MR) is 76.3 cm³/mol. The summed E-state index contributed by atoms with van der Waals surface area (Å²) < 4.78 is 5.67. The Morgan fingerprint density at radius 3 is 2.84 bits per heavy atom. The summed E-state index contributed by atoms with van der Waals surface area (Å²) in [7, 11) is 0. The number of carbonyl (C=O) groups is 1. The molecule has 0 aromatic heterocycles. The maximum atomic E-state index is 12.4. The number of benzene rings is 1. The fourth-order valence-electron chi connectivity index (χ4n) is 2.58. The molecule has 0 saturated carbocycles. The minimum atomic E-state index is -0.303. The van der Waals surface area contributed by atoms with E-state index in [2.05, 4.69) is 19.9 Å². The Hall–Kier alpha value is -1.19. The average Bonchev–Trinajstić information content (AvgIpc) is 2.86. The molecule has 1 aliphatic rings. The van der Waals surface area contributed by atoms with Gasteiger partial charge in [-0.1, -0.05) is 32.0 Å². The van der Waals surface area contributed by atoms with Crippen LogP contribution in [-0.4, -0.2) is 24.5 Å². The van der Waals surface area contributed by atoms with E-state index >= 15 is 0 Å². The Kier molecular flexibility index (Phi) is 4.72.